The third-order valence-corrected chi connectivity index (χ3v) is 1.51. The van der Waals surface area contributed by atoms with Gasteiger partial charge in [0, 0.05) is 11.6 Å². The summed E-state index contributed by atoms with van der Waals surface area (Å²) in [4.78, 5) is 4.18. The van der Waals surface area contributed by atoms with Crippen molar-refractivity contribution in [2.75, 3.05) is 0 Å². The molecule has 1 aromatic heterocycles. The van der Waals surface area contributed by atoms with Crippen LogP contribution in [0.2, 0.25) is 0 Å². The molecule has 0 radical (unpaired) electrons. The van der Waals surface area contributed by atoms with Crippen molar-refractivity contribution in [3.05, 3.63) is 42.6 Å². The van der Waals surface area contributed by atoms with Crippen molar-refractivity contribution in [2.45, 2.75) is 0 Å². The number of nitrogens with zero attached hydrogens (tertiary/aromatic N) is 1. The first-order chi connectivity index (χ1) is 4.97. The molecule has 0 unspecified atom stereocenters. The molecule has 0 spiro atoms. The molecule has 0 atom stereocenters. The molecule has 2 aromatic rings. The molecular formula is C9H11CaNO. The van der Waals surface area contributed by atoms with Crippen LogP contribution >= 0.6 is 0 Å². The molecule has 0 aliphatic carbocycles. The van der Waals surface area contributed by atoms with Crippen molar-refractivity contribution in [2.24, 2.45) is 0 Å². The Bertz CT molecular complexity index is 286. The first-order valence-corrected chi connectivity index (χ1v) is 3.26. The number of aromatic nitrogens is 1. The van der Waals surface area contributed by atoms with E-state index in [1.165, 1.54) is 5.39 Å². The van der Waals surface area contributed by atoms with Gasteiger partial charge in [0.1, 0.15) is 0 Å². The normalized spacial score (nSPS) is 8.33. The van der Waals surface area contributed by atoms with Gasteiger partial charge < -0.3 is 5.48 Å². The number of hydrogen-bond acceptors (Lipinski definition) is 1. The van der Waals surface area contributed by atoms with Gasteiger partial charge in [0.25, 0.3) is 0 Å². The van der Waals surface area contributed by atoms with Crippen LogP contribution in [0, 0.1) is 0 Å². The first kappa shape index (κ1) is 11.8. The Balaban J connectivity index is 0.000000605. The van der Waals surface area contributed by atoms with Crippen LogP contribution in [0.4, 0.5) is 0 Å². The number of rotatable bonds is 0. The molecule has 0 amide bonds. The Kier molecular flexibility index (Phi) is 5.42. The summed E-state index contributed by atoms with van der Waals surface area (Å²) in [6.07, 6.45) is 1.81. The van der Waals surface area contributed by atoms with Gasteiger partial charge in [0.15, 0.2) is 0 Å². The van der Waals surface area contributed by atoms with Crippen LogP contribution in [0.1, 0.15) is 0 Å². The van der Waals surface area contributed by atoms with Crippen molar-refractivity contribution in [3.8, 4) is 0 Å². The standard InChI is InChI=1S/C9H7N.Ca.H2O.2H/c1-2-6-9-8(4-1)5-3-7-10-9;;;;/h1-7H;;1H2;;. The molecule has 2 nitrogen and oxygen atoms in total. The molecule has 0 bridgehead atoms. The van der Waals surface area contributed by atoms with Crippen LogP contribution in [-0.4, -0.2) is 48.2 Å². The van der Waals surface area contributed by atoms with Crippen LogP contribution in [-0.2, 0) is 0 Å². The second-order valence-electron chi connectivity index (χ2n) is 2.20. The summed E-state index contributed by atoms with van der Waals surface area (Å²) >= 11 is 0. The fourth-order valence-electron chi connectivity index (χ4n) is 1.02. The maximum Gasteiger partial charge on any atom is 0.0701 e. The molecular weight excluding hydrogens is 178 g/mol. The fraction of sp³-hybridized carbons (Fsp3) is 0. The van der Waals surface area contributed by atoms with Gasteiger partial charge in [0.05, 0.1) is 5.52 Å². The van der Waals surface area contributed by atoms with Crippen molar-refractivity contribution in [1.82, 2.24) is 4.98 Å². The summed E-state index contributed by atoms with van der Waals surface area (Å²) in [5.41, 5.74) is 1.06. The second kappa shape index (κ2) is 5.49. The molecule has 0 aliphatic rings. The van der Waals surface area contributed by atoms with Gasteiger partial charge in [-0.05, 0) is 12.1 Å². The molecule has 0 aliphatic heterocycles. The van der Waals surface area contributed by atoms with Gasteiger partial charge in [-0.15, -0.1) is 0 Å². The molecule has 0 saturated heterocycles. The third kappa shape index (κ3) is 2.42. The van der Waals surface area contributed by atoms with Gasteiger partial charge in [-0.3, -0.25) is 4.98 Å². The van der Waals surface area contributed by atoms with E-state index in [0.29, 0.717) is 0 Å². The number of para-hydroxylation sites is 1. The minimum Gasteiger partial charge on any atom is -0.256 e. The van der Waals surface area contributed by atoms with E-state index >= 15 is 0 Å². The van der Waals surface area contributed by atoms with Crippen LogP contribution < -0.4 is 0 Å². The topological polar surface area (TPSA) is 44.4 Å². The van der Waals surface area contributed by atoms with E-state index < -0.39 is 0 Å². The van der Waals surface area contributed by atoms with Crippen LogP contribution in [0.3, 0.4) is 0 Å². The SMILES string of the molecule is O.[CaH2].c1ccc2ncccc2c1. The summed E-state index contributed by atoms with van der Waals surface area (Å²) in [6, 6.07) is 12.1. The number of fused-ring (bicyclic) bond motifs is 1. The Hall–Kier alpha value is -0.150. The van der Waals surface area contributed by atoms with Crippen molar-refractivity contribution < 1.29 is 5.48 Å². The molecule has 60 valence electrons. The Morgan fingerprint density at radius 3 is 2.33 bits per heavy atom. The minimum absolute atomic E-state index is 0. The van der Waals surface area contributed by atoms with Crippen LogP contribution in [0.15, 0.2) is 42.6 Å². The minimum atomic E-state index is 0. The quantitative estimate of drug-likeness (QED) is 0.556. The van der Waals surface area contributed by atoms with E-state index in [2.05, 4.69) is 17.1 Å². The average Bonchev–Trinajstić information content (AvgIpc) is 2.05. The molecule has 1 aromatic carbocycles. The first-order valence-electron chi connectivity index (χ1n) is 3.26. The van der Waals surface area contributed by atoms with Gasteiger partial charge in [-0.1, -0.05) is 24.3 Å². The maximum atomic E-state index is 4.18. The van der Waals surface area contributed by atoms with Crippen molar-refractivity contribution >= 4 is 48.6 Å². The monoisotopic (exact) mass is 189 g/mol. The van der Waals surface area contributed by atoms with Crippen LogP contribution in [0.25, 0.3) is 10.9 Å². The summed E-state index contributed by atoms with van der Waals surface area (Å²) < 4.78 is 0. The molecule has 1 heterocycles. The fourth-order valence-corrected chi connectivity index (χ4v) is 1.02. The Morgan fingerprint density at radius 2 is 1.58 bits per heavy atom. The van der Waals surface area contributed by atoms with E-state index in [-0.39, 0.29) is 43.2 Å². The van der Waals surface area contributed by atoms with Gasteiger partial charge >= 0.3 is 37.7 Å². The van der Waals surface area contributed by atoms with E-state index in [1.54, 1.807) is 0 Å². The second-order valence-corrected chi connectivity index (χ2v) is 2.20. The molecule has 2 rings (SSSR count). The summed E-state index contributed by atoms with van der Waals surface area (Å²) in [5, 5.41) is 1.20. The summed E-state index contributed by atoms with van der Waals surface area (Å²) in [5.74, 6) is 0. The zero-order chi connectivity index (χ0) is 6.81. The predicted octanol–water partition coefficient (Wildman–Crippen LogP) is 0.494. The van der Waals surface area contributed by atoms with Gasteiger partial charge in [-0.2, -0.15) is 0 Å². The molecule has 2 N–H and O–H groups in total. The van der Waals surface area contributed by atoms with Crippen molar-refractivity contribution in [1.29, 1.82) is 0 Å². The summed E-state index contributed by atoms with van der Waals surface area (Å²) in [6.45, 7) is 0. The Labute approximate surface area is 101 Å². The molecule has 12 heavy (non-hydrogen) atoms. The molecule has 3 heteroatoms. The smallest absolute Gasteiger partial charge is 0.0701 e. The Morgan fingerprint density at radius 1 is 0.917 bits per heavy atom. The van der Waals surface area contributed by atoms with E-state index in [4.69, 9.17) is 0 Å². The average molecular weight is 189 g/mol. The third-order valence-electron chi connectivity index (χ3n) is 1.51. The van der Waals surface area contributed by atoms with E-state index in [0.717, 1.165) is 5.52 Å². The molecule has 0 fully saturated rings. The van der Waals surface area contributed by atoms with E-state index in [1.807, 2.05) is 30.5 Å². The van der Waals surface area contributed by atoms with Gasteiger partial charge in [-0.25, -0.2) is 0 Å². The van der Waals surface area contributed by atoms with Crippen molar-refractivity contribution in [3.63, 3.8) is 0 Å². The van der Waals surface area contributed by atoms with Crippen LogP contribution in [0.5, 0.6) is 0 Å². The number of pyridine rings is 1. The summed E-state index contributed by atoms with van der Waals surface area (Å²) in [7, 11) is 0. The maximum absolute atomic E-state index is 4.18. The van der Waals surface area contributed by atoms with E-state index in [9.17, 15) is 0 Å². The largest absolute Gasteiger partial charge is 0.256 e. The number of benzene rings is 1. The number of hydrogen-bond donors (Lipinski definition) is 0. The molecule has 0 saturated carbocycles. The van der Waals surface area contributed by atoms with Gasteiger partial charge in [0.2, 0.25) is 0 Å². The zero-order valence-corrected chi connectivity index (χ0v) is 5.99. The predicted molar refractivity (Wildman–Crippen MR) is 53.9 cm³/mol. The zero-order valence-electron chi connectivity index (χ0n) is 5.99.